The van der Waals surface area contributed by atoms with Crippen LogP contribution in [0.25, 0.3) is 0 Å². The maximum atomic E-state index is 10.1. The van der Waals surface area contributed by atoms with Crippen LogP contribution in [0.5, 0.6) is 0 Å². The van der Waals surface area contributed by atoms with E-state index in [9.17, 15) is 4.79 Å². The Hall–Kier alpha value is 0.400. The van der Waals surface area contributed by atoms with Gasteiger partial charge in [0.2, 0.25) is 0 Å². The van der Waals surface area contributed by atoms with Crippen LogP contribution in [0, 0.1) is 0 Å². The van der Waals surface area contributed by atoms with Crippen molar-refractivity contribution >= 4 is 49.2 Å². The van der Waals surface area contributed by atoms with E-state index in [-0.39, 0.29) is 49.2 Å². The van der Waals surface area contributed by atoms with Gasteiger partial charge >= 0.3 is 0 Å². The van der Waals surface area contributed by atoms with E-state index in [1.54, 1.807) is 0 Å². The molecule has 0 aliphatic heterocycles. The quantitative estimate of drug-likeness (QED) is 0.243. The zero-order valence-corrected chi connectivity index (χ0v) is 7.22. The molecular formula is C4H7CaNO2. The first-order chi connectivity index (χ1) is 3.18. The summed E-state index contributed by atoms with van der Waals surface area (Å²) in [5.74, 6) is -0.206. The first kappa shape index (κ1) is 11.2. The predicted octanol–water partition coefficient (Wildman–Crippen LogP) is 0.0447. The molecule has 3 nitrogen and oxygen atoms in total. The van der Waals surface area contributed by atoms with Crippen LogP contribution in [0.3, 0.4) is 0 Å². The molecule has 0 saturated carbocycles. The van der Waals surface area contributed by atoms with Gasteiger partial charge in [0.15, 0.2) is 5.78 Å². The third kappa shape index (κ3) is 4.56. The Kier molecular flexibility index (Phi) is 7.77. The van der Waals surface area contributed by atoms with Gasteiger partial charge in [0.05, 0.1) is 0 Å². The van der Waals surface area contributed by atoms with Crippen LogP contribution < -0.4 is 0 Å². The van der Waals surface area contributed by atoms with E-state index in [1.165, 1.54) is 13.8 Å². The van der Waals surface area contributed by atoms with Crippen molar-refractivity contribution in [1.29, 1.82) is 0 Å². The summed E-state index contributed by atoms with van der Waals surface area (Å²) in [7, 11) is 0. The molecule has 0 bridgehead atoms. The number of Topliss-reactive ketones (excluding diaryl/α,β-unsaturated/α-hetero) is 1. The zero-order valence-electron chi connectivity index (χ0n) is 5.01. The summed E-state index contributed by atoms with van der Waals surface area (Å²) in [6.45, 7) is 2.79. The summed E-state index contributed by atoms with van der Waals surface area (Å²) in [6.07, 6.45) is 0. The Bertz CT molecular complexity index is 111. The molecule has 0 aromatic heterocycles. The van der Waals surface area contributed by atoms with Crippen molar-refractivity contribution in [2.24, 2.45) is 5.16 Å². The number of ketones is 1. The van der Waals surface area contributed by atoms with E-state index in [0.29, 0.717) is 0 Å². The molecule has 8 heavy (non-hydrogen) atoms. The molecule has 2 radical (unpaired) electrons. The van der Waals surface area contributed by atoms with Gasteiger partial charge in [0.25, 0.3) is 0 Å². The number of hydrogen-bond donors (Lipinski definition) is 1. The second-order valence-electron chi connectivity index (χ2n) is 1.24. The molecule has 0 rings (SSSR count). The maximum absolute atomic E-state index is 10.1. The van der Waals surface area contributed by atoms with Gasteiger partial charge in [-0.2, -0.15) is 0 Å². The molecule has 0 heterocycles. The van der Waals surface area contributed by atoms with Gasteiger partial charge in [-0.3, -0.25) is 4.79 Å². The van der Waals surface area contributed by atoms with Crippen LogP contribution in [-0.4, -0.2) is 54.4 Å². The molecule has 0 aromatic carbocycles. The number of hydrogen-bond acceptors (Lipinski definition) is 3. The minimum absolute atomic E-state index is 0. The molecule has 0 spiro atoms. The number of carbonyl (C=O) groups is 1. The minimum atomic E-state index is -0.206. The van der Waals surface area contributed by atoms with Gasteiger partial charge < -0.3 is 5.21 Å². The Morgan fingerprint density at radius 3 is 1.88 bits per heavy atom. The van der Waals surface area contributed by atoms with E-state index in [2.05, 4.69) is 5.16 Å². The van der Waals surface area contributed by atoms with Crippen LogP contribution in [0.1, 0.15) is 13.8 Å². The monoisotopic (exact) mass is 141 g/mol. The van der Waals surface area contributed by atoms with Gasteiger partial charge in [-0.1, -0.05) is 5.16 Å². The second-order valence-corrected chi connectivity index (χ2v) is 1.24. The van der Waals surface area contributed by atoms with Gasteiger partial charge in [-0.25, -0.2) is 0 Å². The van der Waals surface area contributed by atoms with Crippen LogP contribution in [-0.2, 0) is 4.79 Å². The average Bonchev–Trinajstić information content (AvgIpc) is 1.65. The minimum Gasteiger partial charge on any atom is -0.411 e. The summed E-state index contributed by atoms with van der Waals surface area (Å²) < 4.78 is 0. The SMILES string of the molecule is CC(=O)C(C)=NO.[Ca]. The fourth-order valence-electron chi connectivity index (χ4n) is 0.0704. The largest absolute Gasteiger partial charge is 0.411 e. The van der Waals surface area contributed by atoms with Crippen molar-refractivity contribution in [2.45, 2.75) is 13.8 Å². The normalized spacial score (nSPS) is 10.0. The third-order valence-corrected chi connectivity index (χ3v) is 0.660. The first-order valence-corrected chi connectivity index (χ1v) is 1.88. The number of nitrogens with zero attached hydrogens (tertiary/aromatic N) is 1. The standard InChI is InChI=1S/C4H7NO2.Ca/c1-3(5-7)4(2)6;/h7H,1-2H3;. The molecule has 0 aliphatic carbocycles. The molecule has 0 aromatic rings. The summed E-state index contributed by atoms with van der Waals surface area (Å²) >= 11 is 0. The van der Waals surface area contributed by atoms with Crippen molar-refractivity contribution in [3.8, 4) is 0 Å². The van der Waals surface area contributed by atoms with Crippen molar-refractivity contribution < 1.29 is 10.0 Å². The van der Waals surface area contributed by atoms with Crippen molar-refractivity contribution in [2.75, 3.05) is 0 Å². The fraction of sp³-hybridized carbons (Fsp3) is 0.500. The number of carbonyl (C=O) groups excluding carboxylic acids is 1. The molecule has 0 unspecified atom stereocenters. The molecule has 0 aliphatic rings. The molecular weight excluding hydrogens is 134 g/mol. The molecule has 42 valence electrons. The summed E-state index contributed by atoms with van der Waals surface area (Å²) in [4.78, 5) is 10.1. The van der Waals surface area contributed by atoms with Crippen LogP contribution in [0.4, 0.5) is 0 Å². The zero-order chi connectivity index (χ0) is 5.86. The van der Waals surface area contributed by atoms with Crippen molar-refractivity contribution in [3.63, 3.8) is 0 Å². The van der Waals surface area contributed by atoms with Crippen molar-refractivity contribution in [3.05, 3.63) is 0 Å². The van der Waals surface area contributed by atoms with E-state index >= 15 is 0 Å². The van der Waals surface area contributed by atoms with E-state index in [4.69, 9.17) is 5.21 Å². The summed E-state index contributed by atoms with van der Waals surface area (Å²) in [6, 6.07) is 0. The Morgan fingerprint density at radius 2 is 1.88 bits per heavy atom. The number of oxime groups is 1. The van der Waals surface area contributed by atoms with Crippen LogP contribution in [0.2, 0.25) is 0 Å². The first-order valence-electron chi connectivity index (χ1n) is 1.88. The molecule has 0 saturated heterocycles. The van der Waals surface area contributed by atoms with Gasteiger partial charge in [0, 0.05) is 44.7 Å². The Balaban J connectivity index is 0. The maximum Gasteiger partial charge on any atom is 0.177 e. The topological polar surface area (TPSA) is 49.7 Å². The Morgan fingerprint density at radius 1 is 1.50 bits per heavy atom. The Labute approximate surface area is 77.8 Å². The summed E-state index contributed by atoms with van der Waals surface area (Å²) in [5.41, 5.74) is 0.139. The molecule has 0 atom stereocenters. The van der Waals surface area contributed by atoms with E-state index in [1.807, 2.05) is 0 Å². The van der Waals surface area contributed by atoms with E-state index in [0.717, 1.165) is 0 Å². The van der Waals surface area contributed by atoms with E-state index < -0.39 is 0 Å². The molecule has 1 N–H and O–H groups in total. The second kappa shape index (κ2) is 5.53. The van der Waals surface area contributed by atoms with Gasteiger partial charge in [-0.15, -0.1) is 0 Å². The van der Waals surface area contributed by atoms with Gasteiger partial charge in [-0.05, 0) is 6.92 Å². The van der Waals surface area contributed by atoms with Crippen LogP contribution in [0.15, 0.2) is 5.16 Å². The summed E-state index contributed by atoms with van der Waals surface area (Å²) in [5, 5.41) is 10.5. The smallest absolute Gasteiger partial charge is 0.177 e. The third-order valence-electron chi connectivity index (χ3n) is 0.660. The van der Waals surface area contributed by atoms with Crippen LogP contribution >= 0.6 is 0 Å². The molecule has 0 fully saturated rings. The average molecular weight is 141 g/mol. The molecule has 4 heteroatoms. The fourth-order valence-corrected chi connectivity index (χ4v) is 0.0704. The predicted molar refractivity (Wildman–Crippen MR) is 31.3 cm³/mol. The van der Waals surface area contributed by atoms with Gasteiger partial charge in [0.1, 0.15) is 5.71 Å². The molecule has 0 amide bonds. The van der Waals surface area contributed by atoms with Crippen molar-refractivity contribution in [1.82, 2.24) is 0 Å². The number of rotatable bonds is 1.